The van der Waals surface area contributed by atoms with Gasteiger partial charge >= 0.3 is 0 Å². The highest BCUT2D eigenvalue weighted by Crippen LogP contribution is 2.35. The molecule has 1 saturated heterocycles. The van der Waals surface area contributed by atoms with Gasteiger partial charge in [-0.25, -0.2) is 9.50 Å². The van der Waals surface area contributed by atoms with E-state index in [0.29, 0.717) is 11.6 Å². The fourth-order valence-corrected chi connectivity index (χ4v) is 4.45. The lowest BCUT2D eigenvalue weighted by Crippen LogP contribution is -2.13. The first-order valence-corrected chi connectivity index (χ1v) is 9.89. The molecule has 0 radical (unpaired) electrons. The molecule has 1 fully saturated rings. The highest BCUT2D eigenvalue weighted by molar-refractivity contribution is 7.99. The van der Waals surface area contributed by atoms with Crippen LogP contribution in [0.15, 0.2) is 65.2 Å². The first kappa shape index (κ1) is 17.0. The van der Waals surface area contributed by atoms with Crippen molar-refractivity contribution in [2.75, 3.05) is 13.1 Å². The molecule has 0 bridgehead atoms. The van der Waals surface area contributed by atoms with Gasteiger partial charge < -0.3 is 5.32 Å². The molecule has 0 unspecified atom stereocenters. The third kappa shape index (κ3) is 3.05. The van der Waals surface area contributed by atoms with Crippen LogP contribution in [0.25, 0.3) is 16.6 Å². The van der Waals surface area contributed by atoms with Crippen LogP contribution in [0.4, 0.5) is 0 Å². The molecular formula is C20H17N7S. The van der Waals surface area contributed by atoms with Gasteiger partial charge in [-0.15, -0.1) is 0 Å². The minimum atomic E-state index is 0.398. The van der Waals surface area contributed by atoms with E-state index in [1.54, 1.807) is 16.9 Å². The van der Waals surface area contributed by atoms with Crippen molar-refractivity contribution < 1.29 is 0 Å². The van der Waals surface area contributed by atoms with Gasteiger partial charge in [-0.1, -0.05) is 17.8 Å². The zero-order chi connectivity index (χ0) is 18.9. The van der Waals surface area contributed by atoms with Crippen LogP contribution < -0.4 is 5.32 Å². The highest BCUT2D eigenvalue weighted by atomic mass is 32.2. The van der Waals surface area contributed by atoms with Gasteiger partial charge in [-0.05, 0) is 31.2 Å². The minimum absolute atomic E-state index is 0.398. The average molecular weight is 387 g/mol. The number of aromatic nitrogens is 5. The summed E-state index contributed by atoms with van der Waals surface area (Å²) in [6, 6.07) is 10.5. The first-order valence-electron chi connectivity index (χ1n) is 9.07. The van der Waals surface area contributed by atoms with Gasteiger partial charge in [0.05, 0.1) is 29.5 Å². The van der Waals surface area contributed by atoms with Crippen LogP contribution in [-0.4, -0.2) is 37.5 Å². The van der Waals surface area contributed by atoms with E-state index in [-0.39, 0.29) is 0 Å². The Morgan fingerprint density at radius 3 is 2.93 bits per heavy atom. The van der Waals surface area contributed by atoms with Crippen molar-refractivity contribution in [1.29, 1.82) is 5.26 Å². The maximum Gasteiger partial charge on any atom is 0.103 e. The third-order valence-corrected chi connectivity index (χ3v) is 5.87. The van der Waals surface area contributed by atoms with Crippen LogP contribution in [0, 0.1) is 11.3 Å². The van der Waals surface area contributed by atoms with Crippen LogP contribution in [0.5, 0.6) is 0 Å². The predicted octanol–water partition coefficient (Wildman–Crippen LogP) is 3.15. The summed E-state index contributed by atoms with van der Waals surface area (Å²) in [7, 11) is 0. The van der Waals surface area contributed by atoms with Crippen LogP contribution in [-0.2, 0) is 0 Å². The Labute approximate surface area is 166 Å². The number of nitrogens with one attached hydrogen (secondary N) is 1. The van der Waals surface area contributed by atoms with Crippen LogP contribution in [0.2, 0.25) is 0 Å². The fourth-order valence-electron chi connectivity index (χ4n) is 3.47. The van der Waals surface area contributed by atoms with E-state index in [1.165, 1.54) is 11.8 Å². The van der Waals surface area contributed by atoms with Gasteiger partial charge in [0.1, 0.15) is 11.1 Å². The molecule has 1 atom stereocenters. The second-order valence-corrected chi connectivity index (χ2v) is 7.74. The SMILES string of the molecule is N#Cc1cnn2cc(-c3cnn([C@H]4CCNC4)c3)cc(Sc3ccccn3)c12. The quantitative estimate of drug-likeness (QED) is 0.579. The fraction of sp³-hybridized carbons (Fsp3) is 0.200. The Morgan fingerprint density at radius 1 is 1.18 bits per heavy atom. The molecule has 0 spiro atoms. The van der Waals surface area contributed by atoms with E-state index in [2.05, 4.69) is 38.8 Å². The number of hydrogen-bond acceptors (Lipinski definition) is 6. The number of nitriles is 1. The Morgan fingerprint density at radius 2 is 2.14 bits per heavy atom. The molecule has 138 valence electrons. The van der Waals surface area contributed by atoms with Crippen molar-refractivity contribution in [3.63, 3.8) is 0 Å². The van der Waals surface area contributed by atoms with Crippen molar-refractivity contribution in [2.45, 2.75) is 22.4 Å². The standard InChI is InChI=1S/C20H17N7S/c21-8-15-9-25-27-12-14(16-10-24-26(13-16)17-4-6-22-11-17)7-18(20(15)27)28-19-3-1-2-5-23-19/h1-3,5,7,9-10,12-13,17,22H,4,6,11H2/t17-/m0/s1. The van der Waals surface area contributed by atoms with Gasteiger partial charge in [0.15, 0.2) is 0 Å². The number of nitrogens with zero attached hydrogens (tertiary/aromatic N) is 6. The number of hydrogen-bond donors (Lipinski definition) is 1. The van der Waals surface area contributed by atoms with Gasteiger partial charge in [-0.2, -0.15) is 15.5 Å². The van der Waals surface area contributed by atoms with E-state index < -0.39 is 0 Å². The third-order valence-electron chi connectivity index (χ3n) is 4.89. The van der Waals surface area contributed by atoms with Crippen LogP contribution in [0.3, 0.4) is 0 Å². The molecule has 4 aromatic rings. The number of rotatable bonds is 4. The molecule has 8 heteroatoms. The molecule has 0 aliphatic carbocycles. The average Bonchev–Trinajstić information content (AvgIpc) is 3.47. The Balaban J connectivity index is 1.59. The Kier molecular flexibility index (Phi) is 4.31. The van der Waals surface area contributed by atoms with Gasteiger partial charge in [-0.3, -0.25) is 4.68 Å². The minimum Gasteiger partial charge on any atom is -0.315 e. The highest BCUT2D eigenvalue weighted by Gasteiger charge is 2.19. The van der Waals surface area contributed by atoms with Crippen molar-refractivity contribution in [2.24, 2.45) is 0 Å². The summed E-state index contributed by atoms with van der Waals surface area (Å²) in [6.07, 6.45) is 10.4. The summed E-state index contributed by atoms with van der Waals surface area (Å²) < 4.78 is 3.81. The van der Waals surface area contributed by atoms with E-state index in [9.17, 15) is 5.26 Å². The molecule has 1 aliphatic rings. The summed E-state index contributed by atoms with van der Waals surface area (Å²) in [6.45, 7) is 1.98. The van der Waals surface area contributed by atoms with Crippen molar-refractivity contribution in [1.82, 2.24) is 29.7 Å². The van der Waals surface area contributed by atoms with E-state index in [1.807, 2.05) is 35.3 Å². The molecule has 5 heterocycles. The normalized spacial score (nSPS) is 16.5. The van der Waals surface area contributed by atoms with Gasteiger partial charge in [0.25, 0.3) is 0 Å². The molecule has 1 aliphatic heterocycles. The molecule has 7 nitrogen and oxygen atoms in total. The molecule has 0 aromatic carbocycles. The van der Waals surface area contributed by atoms with Gasteiger partial charge in [0, 0.05) is 41.2 Å². The second-order valence-electron chi connectivity index (χ2n) is 6.68. The monoisotopic (exact) mass is 387 g/mol. The first-order chi connectivity index (χ1) is 13.8. The van der Waals surface area contributed by atoms with Crippen molar-refractivity contribution in [3.8, 4) is 17.2 Å². The lowest BCUT2D eigenvalue weighted by atomic mass is 10.1. The van der Waals surface area contributed by atoms with E-state index >= 15 is 0 Å². The Hall–Kier alpha value is -3.15. The summed E-state index contributed by atoms with van der Waals surface area (Å²) in [5.74, 6) is 0. The zero-order valence-corrected chi connectivity index (χ0v) is 15.8. The molecule has 4 aromatic heterocycles. The number of pyridine rings is 2. The van der Waals surface area contributed by atoms with E-state index in [0.717, 1.165) is 46.1 Å². The van der Waals surface area contributed by atoms with Crippen LogP contribution in [0.1, 0.15) is 18.0 Å². The second kappa shape index (κ2) is 7.11. The lowest BCUT2D eigenvalue weighted by molar-refractivity contribution is 0.491. The maximum absolute atomic E-state index is 9.48. The summed E-state index contributed by atoms with van der Waals surface area (Å²) in [5.41, 5.74) is 3.40. The van der Waals surface area contributed by atoms with Crippen molar-refractivity contribution >= 4 is 17.3 Å². The largest absolute Gasteiger partial charge is 0.315 e. The molecule has 0 amide bonds. The zero-order valence-electron chi connectivity index (χ0n) is 15.0. The molecule has 0 saturated carbocycles. The lowest BCUT2D eigenvalue weighted by Gasteiger charge is -2.09. The smallest absolute Gasteiger partial charge is 0.103 e. The summed E-state index contributed by atoms with van der Waals surface area (Å²) >= 11 is 1.53. The Bertz CT molecular complexity index is 1170. The van der Waals surface area contributed by atoms with E-state index in [4.69, 9.17) is 0 Å². The van der Waals surface area contributed by atoms with Crippen molar-refractivity contribution in [3.05, 3.63) is 60.8 Å². The number of fused-ring (bicyclic) bond motifs is 1. The van der Waals surface area contributed by atoms with Gasteiger partial charge in [0.2, 0.25) is 0 Å². The summed E-state index contributed by atoms with van der Waals surface area (Å²) in [5, 5.41) is 22.7. The molecule has 28 heavy (non-hydrogen) atoms. The topological polar surface area (TPSA) is 83.8 Å². The molecular weight excluding hydrogens is 370 g/mol. The molecule has 1 N–H and O–H groups in total. The summed E-state index contributed by atoms with van der Waals surface area (Å²) in [4.78, 5) is 5.35. The predicted molar refractivity (Wildman–Crippen MR) is 106 cm³/mol. The molecule has 5 rings (SSSR count). The van der Waals surface area contributed by atoms with Crippen LogP contribution >= 0.6 is 11.8 Å². The maximum atomic E-state index is 9.48.